The van der Waals surface area contributed by atoms with Gasteiger partial charge in [-0.25, -0.2) is 9.69 Å². The van der Waals surface area contributed by atoms with Crippen LogP contribution < -0.4 is 0 Å². The van der Waals surface area contributed by atoms with Crippen molar-refractivity contribution in [3.63, 3.8) is 0 Å². The summed E-state index contributed by atoms with van der Waals surface area (Å²) in [4.78, 5) is 39.3. The predicted molar refractivity (Wildman–Crippen MR) is 116 cm³/mol. The summed E-state index contributed by atoms with van der Waals surface area (Å²) in [6, 6.07) is 9.22. The van der Waals surface area contributed by atoms with Gasteiger partial charge < -0.3 is 14.2 Å². The van der Waals surface area contributed by atoms with Crippen LogP contribution >= 0.6 is 0 Å². The molecule has 1 unspecified atom stereocenters. The Morgan fingerprint density at radius 1 is 1.29 bits per heavy atom. The molecule has 7 heteroatoms. The van der Waals surface area contributed by atoms with Gasteiger partial charge in [0.2, 0.25) is 5.91 Å². The van der Waals surface area contributed by atoms with Crippen LogP contribution in [0.4, 0.5) is 4.79 Å². The van der Waals surface area contributed by atoms with Gasteiger partial charge in [0.25, 0.3) is 0 Å². The highest BCUT2D eigenvalue weighted by Crippen LogP contribution is 2.24. The van der Waals surface area contributed by atoms with Gasteiger partial charge in [-0.15, -0.1) is 6.58 Å². The van der Waals surface area contributed by atoms with E-state index in [2.05, 4.69) is 6.58 Å². The van der Waals surface area contributed by atoms with Crippen LogP contribution in [0.3, 0.4) is 0 Å². The molecule has 2 rings (SSSR count). The fraction of sp³-hybridized carbons (Fsp3) is 0.542. The van der Waals surface area contributed by atoms with E-state index in [1.165, 1.54) is 4.90 Å². The van der Waals surface area contributed by atoms with Crippen LogP contribution in [0.2, 0.25) is 0 Å². The molecule has 1 aromatic rings. The Hall–Kier alpha value is -2.67. The molecule has 0 aromatic heterocycles. The molecule has 0 spiro atoms. The monoisotopic (exact) mass is 431 g/mol. The van der Waals surface area contributed by atoms with Gasteiger partial charge in [-0.05, 0) is 45.6 Å². The van der Waals surface area contributed by atoms with Crippen molar-refractivity contribution in [2.45, 2.75) is 58.1 Å². The Bertz CT molecular complexity index is 755. The van der Waals surface area contributed by atoms with Crippen LogP contribution in [0.5, 0.6) is 0 Å². The smallest absolute Gasteiger partial charge is 0.416 e. The number of carbonyl (C=O) groups excluding carboxylic acids is 3. The third-order valence-corrected chi connectivity index (χ3v) is 4.77. The van der Waals surface area contributed by atoms with Crippen molar-refractivity contribution in [3.05, 3.63) is 48.6 Å². The maximum atomic E-state index is 13.3. The van der Waals surface area contributed by atoms with Gasteiger partial charge in [0.15, 0.2) is 0 Å². The van der Waals surface area contributed by atoms with E-state index >= 15 is 0 Å². The summed E-state index contributed by atoms with van der Waals surface area (Å²) in [6.45, 7) is 9.92. The first kappa shape index (κ1) is 24.6. The molecule has 1 fully saturated rings. The van der Waals surface area contributed by atoms with Crippen LogP contribution in [0.25, 0.3) is 0 Å². The van der Waals surface area contributed by atoms with E-state index in [1.54, 1.807) is 26.8 Å². The van der Waals surface area contributed by atoms with Crippen LogP contribution in [0.1, 0.15) is 45.6 Å². The zero-order valence-corrected chi connectivity index (χ0v) is 18.7. The van der Waals surface area contributed by atoms with E-state index in [0.29, 0.717) is 32.5 Å². The maximum absolute atomic E-state index is 13.3. The van der Waals surface area contributed by atoms with Crippen molar-refractivity contribution in [3.8, 4) is 0 Å². The summed E-state index contributed by atoms with van der Waals surface area (Å²) < 4.78 is 16.0. The van der Waals surface area contributed by atoms with Gasteiger partial charge in [-0.3, -0.25) is 9.59 Å². The number of ether oxygens (including phenoxy) is 3. The first-order valence-electron chi connectivity index (χ1n) is 10.7. The van der Waals surface area contributed by atoms with E-state index < -0.39 is 35.5 Å². The van der Waals surface area contributed by atoms with Gasteiger partial charge in [-0.1, -0.05) is 36.4 Å². The normalized spacial score (nSPS) is 17.2. The van der Waals surface area contributed by atoms with Crippen molar-refractivity contribution in [2.75, 3.05) is 19.8 Å². The molecule has 2 amide bonds. The Labute approximate surface area is 184 Å². The summed E-state index contributed by atoms with van der Waals surface area (Å²) in [7, 11) is 0. The van der Waals surface area contributed by atoms with Crippen LogP contribution in [0, 0.1) is 5.92 Å². The second kappa shape index (κ2) is 11.6. The lowest BCUT2D eigenvalue weighted by atomic mass is 9.96. The third kappa shape index (κ3) is 8.17. The fourth-order valence-electron chi connectivity index (χ4n) is 3.46. The largest absolute Gasteiger partial charge is 0.460 e. The Morgan fingerprint density at radius 2 is 2.00 bits per heavy atom. The van der Waals surface area contributed by atoms with E-state index in [9.17, 15) is 14.4 Å². The van der Waals surface area contributed by atoms with Crippen molar-refractivity contribution in [1.29, 1.82) is 0 Å². The molecule has 170 valence electrons. The number of carbonyl (C=O) groups is 3. The molecule has 1 aromatic carbocycles. The lowest BCUT2D eigenvalue weighted by Gasteiger charge is -2.26. The van der Waals surface area contributed by atoms with E-state index in [-0.39, 0.29) is 13.0 Å². The van der Waals surface area contributed by atoms with Crippen molar-refractivity contribution in [1.82, 2.24) is 4.90 Å². The summed E-state index contributed by atoms with van der Waals surface area (Å²) in [5.74, 6) is -1.56. The lowest BCUT2D eigenvalue weighted by molar-refractivity contribution is -0.158. The quantitative estimate of drug-likeness (QED) is 0.300. The van der Waals surface area contributed by atoms with E-state index in [4.69, 9.17) is 14.2 Å². The van der Waals surface area contributed by atoms with E-state index in [1.807, 2.05) is 30.3 Å². The molecule has 2 atom stereocenters. The standard InChI is InChI=1S/C24H33NO6/c1-5-13-29-14-9-12-19(16-21(26)31-24(2,3)4)22(27)25-20(17-30-23(25)28)15-18-10-7-6-8-11-18/h5-8,10-11,19-20H,1,9,12-17H2,2-4H3/t19-,20?/m1/s1. The van der Waals surface area contributed by atoms with Crippen LogP contribution in [-0.2, 0) is 30.2 Å². The minimum Gasteiger partial charge on any atom is -0.460 e. The number of amides is 2. The zero-order chi connectivity index (χ0) is 22.9. The average molecular weight is 432 g/mol. The van der Waals surface area contributed by atoms with Crippen LogP contribution in [0.15, 0.2) is 43.0 Å². The number of benzene rings is 1. The first-order chi connectivity index (χ1) is 14.7. The molecular weight excluding hydrogens is 398 g/mol. The highest BCUT2D eigenvalue weighted by molar-refractivity contribution is 5.96. The summed E-state index contributed by atoms with van der Waals surface area (Å²) >= 11 is 0. The lowest BCUT2D eigenvalue weighted by Crippen LogP contribution is -2.44. The molecule has 31 heavy (non-hydrogen) atoms. The highest BCUT2D eigenvalue weighted by Gasteiger charge is 2.41. The van der Waals surface area contributed by atoms with Gasteiger partial charge in [0, 0.05) is 12.5 Å². The molecular formula is C24H33NO6. The molecule has 0 radical (unpaired) electrons. The van der Waals surface area contributed by atoms with Gasteiger partial charge >= 0.3 is 12.1 Å². The topological polar surface area (TPSA) is 82.1 Å². The molecule has 1 saturated heterocycles. The Balaban J connectivity index is 2.10. The number of hydrogen-bond donors (Lipinski definition) is 0. The summed E-state index contributed by atoms with van der Waals surface area (Å²) in [5, 5.41) is 0. The average Bonchev–Trinajstić information content (AvgIpc) is 3.05. The summed E-state index contributed by atoms with van der Waals surface area (Å²) in [5.41, 5.74) is 0.352. The highest BCUT2D eigenvalue weighted by atomic mass is 16.6. The number of esters is 1. The van der Waals surface area contributed by atoms with Gasteiger partial charge in [0.1, 0.15) is 12.2 Å². The molecule has 0 N–H and O–H groups in total. The number of cyclic esters (lactones) is 1. The number of nitrogens with zero attached hydrogens (tertiary/aromatic N) is 1. The number of imide groups is 1. The van der Waals surface area contributed by atoms with Crippen molar-refractivity contribution >= 4 is 18.0 Å². The molecule has 0 saturated carbocycles. The zero-order valence-electron chi connectivity index (χ0n) is 18.7. The van der Waals surface area contributed by atoms with Crippen molar-refractivity contribution < 1.29 is 28.6 Å². The van der Waals surface area contributed by atoms with Crippen LogP contribution in [-0.4, -0.2) is 54.3 Å². The Kier molecular flexibility index (Phi) is 9.24. The molecule has 0 aliphatic carbocycles. The first-order valence-corrected chi connectivity index (χ1v) is 10.7. The molecule has 0 bridgehead atoms. The minimum absolute atomic E-state index is 0.0978. The molecule has 1 aliphatic rings. The predicted octanol–water partition coefficient (Wildman–Crippen LogP) is 3.91. The summed E-state index contributed by atoms with van der Waals surface area (Å²) in [6.07, 6.45) is 2.36. The number of hydrogen-bond acceptors (Lipinski definition) is 6. The maximum Gasteiger partial charge on any atom is 0.416 e. The molecule has 7 nitrogen and oxygen atoms in total. The van der Waals surface area contributed by atoms with Gasteiger partial charge in [0.05, 0.1) is 19.1 Å². The molecule has 1 aliphatic heterocycles. The fourth-order valence-corrected chi connectivity index (χ4v) is 3.46. The second-order valence-electron chi connectivity index (χ2n) is 8.62. The second-order valence-corrected chi connectivity index (χ2v) is 8.62. The third-order valence-electron chi connectivity index (χ3n) is 4.77. The van der Waals surface area contributed by atoms with E-state index in [0.717, 1.165) is 5.56 Å². The molecule has 1 heterocycles. The Morgan fingerprint density at radius 3 is 2.65 bits per heavy atom. The SMILES string of the molecule is C=CCOCCC[C@H](CC(=O)OC(C)(C)C)C(=O)N1C(=O)OCC1Cc1ccccc1. The van der Waals surface area contributed by atoms with Crippen molar-refractivity contribution in [2.24, 2.45) is 5.92 Å². The number of rotatable bonds is 11. The van der Waals surface area contributed by atoms with Gasteiger partial charge in [-0.2, -0.15) is 0 Å². The minimum atomic E-state index is -0.689.